The summed E-state index contributed by atoms with van der Waals surface area (Å²) in [6.07, 6.45) is 3.67. The van der Waals surface area contributed by atoms with Crippen LogP contribution < -0.4 is 0 Å². The van der Waals surface area contributed by atoms with Gasteiger partial charge in [0.05, 0.1) is 5.69 Å². The van der Waals surface area contributed by atoms with Crippen molar-refractivity contribution in [1.82, 2.24) is 9.97 Å². The molecule has 2 rings (SSSR count). The van der Waals surface area contributed by atoms with Gasteiger partial charge in [0.25, 0.3) is 0 Å². The second kappa shape index (κ2) is 3.55. The zero-order valence-electron chi connectivity index (χ0n) is 6.99. The van der Waals surface area contributed by atoms with Gasteiger partial charge >= 0.3 is 0 Å². The van der Waals surface area contributed by atoms with Crippen LogP contribution in [0.25, 0.3) is 11.3 Å². The Hall–Kier alpha value is -0.740. The Bertz CT molecular complexity index is 425. The number of thiazole rings is 1. The lowest BCUT2D eigenvalue weighted by Gasteiger charge is -1.96. The highest BCUT2D eigenvalue weighted by molar-refractivity contribution is 9.11. The fourth-order valence-electron chi connectivity index (χ4n) is 1.08. The number of pyridine rings is 1. The number of rotatable bonds is 1. The third-order valence-corrected chi connectivity index (χ3v) is 3.01. The van der Waals surface area contributed by atoms with Crippen LogP contribution in [0.5, 0.6) is 0 Å². The molecule has 0 bridgehead atoms. The predicted octanol–water partition coefficient (Wildman–Crippen LogP) is 3.28. The van der Waals surface area contributed by atoms with E-state index >= 15 is 0 Å². The fraction of sp³-hybridized carbons (Fsp3) is 0.111. The number of aryl methyl sites for hydroxylation is 1. The third kappa shape index (κ3) is 1.95. The van der Waals surface area contributed by atoms with Gasteiger partial charge in [-0.15, -0.1) is 11.3 Å². The van der Waals surface area contributed by atoms with Crippen LogP contribution in [0.2, 0.25) is 0 Å². The van der Waals surface area contributed by atoms with Crippen LogP contribution in [-0.2, 0) is 0 Å². The van der Waals surface area contributed by atoms with Gasteiger partial charge in [-0.3, -0.25) is 4.98 Å². The Morgan fingerprint density at radius 1 is 1.38 bits per heavy atom. The van der Waals surface area contributed by atoms with Crippen molar-refractivity contribution in [2.24, 2.45) is 0 Å². The Kier molecular flexibility index (Phi) is 2.42. The van der Waals surface area contributed by atoms with Gasteiger partial charge in [-0.1, -0.05) is 0 Å². The van der Waals surface area contributed by atoms with Crippen molar-refractivity contribution in [2.45, 2.75) is 6.92 Å². The Morgan fingerprint density at radius 3 is 2.85 bits per heavy atom. The lowest BCUT2D eigenvalue weighted by Crippen LogP contribution is -1.81. The monoisotopic (exact) mass is 254 g/mol. The summed E-state index contributed by atoms with van der Waals surface area (Å²) in [5, 5.41) is 2.01. The summed E-state index contributed by atoms with van der Waals surface area (Å²) < 4.78 is 0.906. The SMILES string of the molecule is Cc1cncc(-c2csc(Br)n2)c1. The van der Waals surface area contributed by atoms with Crippen LogP contribution in [0, 0.1) is 6.92 Å². The summed E-state index contributed by atoms with van der Waals surface area (Å²) >= 11 is 4.92. The van der Waals surface area contributed by atoms with Gasteiger partial charge in [-0.25, -0.2) is 4.98 Å². The molecule has 0 saturated heterocycles. The van der Waals surface area contributed by atoms with Crippen molar-refractivity contribution in [3.63, 3.8) is 0 Å². The van der Waals surface area contributed by atoms with Crippen molar-refractivity contribution in [2.75, 3.05) is 0 Å². The van der Waals surface area contributed by atoms with Crippen LogP contribution in [0.3, 0.4) is 0 Å². The molecule has 2 nitrogen and oxygen atoms in total. The highest BCUT2D eigenvalue weighted by Crippen LogP contribution is 2.24. The molecule has 2 aromatic rings. The first kappa shape index (κ1) is 8.84. The highest BCUT2D eigenvalue weighted by atomic mass is 79.9. The van der Waals surface area contributed by atoms with Gasteiger partial charge in [-0.2, -0.15) is 0 Å². The maximum absolute atomic E-state index is 4.32. The molecule has 0 spiro atoms. The smallest absolute Gasteiger partial charge is 0.159 e. The summed E-state index contributed by atoms with van der Waals surface area (Å²) in [5.41, 5.74) is 3.21. The van der Waals surface area contributed by atoms with Gasteiger partial charge in [0, 0.05) is 23.3 Å². The molecule has 2 aromatic heterocycles. The molecule has 13 heavy (non-hydrogen) atoms. The van der Waals surface area contributed by atoms with E-state index in [-0.39, 0.29) is 0 Å². The second-order valence-electron chi connectivity index (χ2n) is 2.74. The maximum atomic E-state index is 4.32. The summed E-state index contributed by atoms with van der Waals surface area (Å²) in [6.45, 7) is 2.03. The lowest BCUT2D eigenvalue weighted by atomic mass is 10.2. The van der Waals surface area contributed by atoms with E-state index in [1.54, 1.807) is 11.3 Å². The van der Waals surface area contributed by atoms with Gasteiger partial charge < -0.3 is 0 Å². The van der Waals surface area contributed by atoms with E-state index in [4.69, 9.17) is 0 Å². The molecular formula is C9H7BrN2S. The molecule has 0 saturated carbocycles. The van der Waals surface area contributed by atoms with Crippen LogP contribution in [0.15, 0.2) is 27.8 Å². The lowest BCUT2D eigenvalue weighted by molar-refractivity contribution is 1.25. The molecule has 0 unspecified atom stereocenters. The molecule has 0 N–H and O–H groups in total. The number of nitrogens with zero attached hydrogens (tertiary/aromatic N) is 2. The van der Waals surface area contributed by atoms with Gasteiger partial charge in [0.1, 0.15) is 0 Å². The Morgan fingerprint density at radius 2 is 2.23 bits per heavy atom. The van der Waals surface area contributed by atoms with Crippen LogP contribution >= 0.6 is 27.3 Å². The predicted molar refractivity (Wildman–Crippen MR) is 57.8 cm³/mol. The molecule has 0 aliphatic carbocycles. The molecule has 66 valence electrons. The number of hydrogen-bond acceptors (Lipinski definition) is 3. The molecule has 0 aliphatic heterocycles. The number of aromatic nitrogens is 2. The van der Waals surface area contributed by atoms with E-state index in [9.17, 15) is 0 Å². The average Bonchev–Trinajstić information content (AvgIpc) is 2.52. The fourth-order valence-corrected chi connectivity index (χ4v) is 2.10. The summed E-state index contributed by atoms with van der Waals surface area (Å²) in [6, 6.07) is 2.08. The molecule has 0 radical (unpaired) electrons. The van der Waals surface area contributed by atoms with Crippen LogP contribution in [0.4, 0.5) is 0 Å². The van der Waals surface area contributed by atoms with E-state index in [1.165, 1.54) is 0 Å². The third-order valence-electron chi connectivity index (χ3n) is 1.65. The van der Waals surface area contributed by atoms with Gasteiger partial charge in [0.15, 0.2) is 3.92 Å². The summed E-state index contributed by atoms with van der Waals surface area (Å²) in [4.78, 5) is 8.44. The zero-order valence-corrected chi connectivity index (χ0v) is 9.39. The van der Waals surface area contributed by atoms with Crippen molar-refractivity contribution in [3.05, 3.63) is 33.3 Å². The average molecular weight is 255 g/mol. The molecule has 4 heteroatoms. The first-order valence-electron chi connectivity index (χ1n) is 3.79. The standard InChI is InChI=1S/C9H7BrN2S/c1-6-2-7(4-11-3-6)8-5-13-9(10)12-8/h2-5H,1H3. The van der Waals surface area contributed by atoms with E-state index in [1.807, 2.05) is 24.7 Å². The maximum Gasteiger partial charge on any atom is 0.159 e. The first-order valence-corrected chi connectivity index (χ1v) is 5.46. The summed E-state index contributed by atoms with van der Waals surface area (Å²) in [7, 11) is 0. The molecule has 2 heterocycles. The molecule has 0 aromatic carbocycles. The minimum absolute atomic E-state index is 0.906. The zero-order chi connectivity index (χ0) is 9.26. The van der Waals surface area contributed by atoms with Gasteiger partial charge in [0.2, 0.25) is 0 Å². The van der Waals surface area contributed by atoms with Gasteiger partial charge in [-0.05, 0) is 34.5 Å². The minimum Gasteiger partial charge on any atom is -0.264 e. The Labute approximate surface area is 88.8 Å². The molecular weight excluding hydrogens is 248 g/mol. The Balaban J connectivity index is 2.46. The number of hydrogen-bond donors (Lipinski definition) is 0. The molecule has 0 atom stereocenters. The molecule has 0 aliphatic rings. The highest BCUT2D eigenvalue weighted by Gasteiger charge is 2.02. The summed E-state index contributed by atoms with van der Waals surface area (Å²) in [5.74, 6) is 0. The number of halogens is 1. The van der Waals surface area contributed by atoms with Crippen molar-refractivity contribution in [1.29, 1.82) is 0 Å². The van der Waals surface area contributed by atoms with Crippen molar-refractivity contribution >= 4 is 27.3 Å². The van der Waals surface area contributed by atoms with Crippen LogP contribution in [-0.4, -0.2) is 9.97 Å². The molecule has 0 amide bonds. The van der Waals surface area contributed by atoms with Crippen molar-refractivity contribution < 1.29 is 0 Å². The van der Waals surface area contributed by atoms with E-state index in [0.29, 0.717) is 0 Å². The van der Waals surface area contributed by atoms with Crippen LogP contribution in [0.1, 0.15) is 5.56 Å². The first-order chi connectivity index (χ1) is 6.25. The largest absolute Gasteiger partial charge is 0.264 e. The molecule has 0 fully saturated rings. The topological polar surface area (TPSA) is 25.8 Å². The van der Waals surface area contributed by atoms with E-state index < -0.39 is 0 Å². The second-order valence-corrected chi connectivity index (χ2v) is 4.87. The van der Waals surface area contributed by atoms with E-state index in [2.05, 4.69) is 32.0 Å². The quantitative estimate of drug-likeness (QED) is 0.781. The van der Waals surface area contributed by atoms with E-state index in [0.717, 1.165) is 20.7 Å². The normalized spacial score (nSPS) is 10.3. The minimum atomic E-state index is 0.906. The van der Waals surface area contributed by atoms with Crippen molar-refractivity contribution in [3.8, 4) is 11.3 Å².